The average molecular weight is 257 g/mol. The van der Waals surface area contributed by atoms with E-state index < -0.39 is 0 Å². The van der Waals surface area contributed by atoms with Gasteiger partial charge in [0, 0.05) is 12.6 Å². The first-order valence-corrected chi connectivity index (χ1v) is 5.92. The van der Waals surface area contributed by atoms with Crippen LogP contribution in [0.3, 0.4) is 0 Å². The third-order valence-corrected chi connectivity index (χ3v) is 2.69. The maximum atomic E-state index is 11.4. The zero-order chi connectivity index (χ0) is 13.7. The molecule has 0 saturated heterocycles. The molecule has 19 heavy (non-hydrogen) atoms. The highest BCUT2D eigenvalue weighted by molar-refractivity contribution is 5.93. The lowest BCUT2D eigenvalue weighted by Crippen LogP contribution is -2.17. The molecule has 0 aliphatic heterocycles. The molecule has 0 fully saturated rings. The second-order valence-electron chi connectivity index (χ2n) is 4.06. The molecule has 1 amide bonds. The first-order chi connectivity index (χ1) is 9.19. The molecule has 0 saturated carbocycles. The third-order valence-electron chi connectivity index (χ3n) is 2.69. The summed E-state index contributed by atoms with van der Waals surface area (Å²) >= 11 is 0. The standard InChI is InChI=1S/C15H15NO3/c1-16-15(18)12-4-2-11(3-5-12)10-19-14-8-6-13(17)7-9-14/h2-9,17H,10H2,1H3,(H,16,18). The number of hydrogen-bond donors (Lipinski definition) is 2. The lowest BCUT2D eigenvalue weighted by molar-refractivity contribution is 0.0963. The highest BCUT2D eigenvalue weighted by Crippen LogP contribution is 2.17. The summed E-state index contributed by atoms with van der Waals surface area (Å²) in [5.74, 6) is 0.793. The molecule has 4 heteroatoms. The summed E-state index contributed by atoms with van der Waals surface area (Å²) < 4.78 is 5.56. The van der Waals surface area contributed by atoms with E-state index in [9.17, 15) is 4.79 Å². The van der Waals surface area contributed by atoms with Crippen LogP contribution in [-0.2, 0) is 6.61 Å². The summed E-state index contributed by atoms with van der Waals surface area (Å²) in [4.78, 5) is 11.4. The summed E-state index contributed by atoms with van der Waals surface area (Å²) in [6.07, 6.45) is 0. The monoisotopic (exact) mass is 257 g/mol. The van der Waals surface area contributed by atoms with Crippen molar-refractivity contribution in [3.8, 4) is 11.5 Å². The minimum absolute atomic E-state index is 0.106. The van der Waals surface area contributed by atoms with Gasteiger partial charge in [0.2, 0.25) is 0 Å². The summed E-state index contributed by atoms with van der Waals surface area (Å²) in [6.45, 7) is 0.415. The van der Waals surface area contributed by atoms with E-state index in [1.165, 1.54) is 0 Å². The number of carbonyl (C=O) groups is 1. The second-order valence-corrected chi connectivity index (χ2v) is 4.06. The molecule has 0 aliphatic rings. The van der Waals surface area contributed by atoms with Crippen LogP contribution in [0, 0.1) is 0 Å². The van der Waals surface area contributed by atoms with Gasteiger partial charge in [-0.3, -0.25) is 4.79 Å². The maximum Gasteiger partial charge on any atom is 0.251 e. The van der Waals surface area contributed by atoms with Gasteiger partial charge in [0.25, 0.3) is 5.91 Å². The zero-order valence-electron chi connectivity index (χ0n) is 10.6. The van der Waals surface area contributed by atoms with E-state index in [0.29, 0.717) is 17.9 Å². The number of carbonyl (C=O) groups excluding carboxylic acids is 1. The molecule has 2 aromatic rings. The van der Waals surface area contributed by atoms with Crippen LogP contribution >= 0.6 is 0 Å². The molecule has 0 atom stereocenters. The summed E-state index contributed by atoms with van der Waals surface area (Å²) in [7, 11) is 1.60. The fraction of sp³-hybridized carbons (Fsp3) is 0.133. The number of phenolic OH excluding ortho intramolecular Hbond substituents is 1. The first kappa shape index (κ1) is 13.0. The van der Waals surface area contributed by atoms with Gasteiger partial charge in [-0.25, -0.2) is 0 Å². The van der Waals surface area contributed by atoms with Crippen molar-refractivity contribution in [2.45, 2.75) is 6.61 Å². The Hall–Kier alpha value is -2.49. The number of rotatable bonds is 4. The Morgan fingerprint density at radius 2 is 1.74 bits per heavy atom. The predicted molar refractivity (Wildman–Crippen MR) is 72.3 cm³/mol. The van der Waals surface area contributed by atoms with Gasteiger partial charge in [0.15, 0.2) is 0 Å². The van der Waals surface area contributed by atoms with Crippen LogP contribution in [0.15, 0.2) is 48.5 Å². The van der Waals surface area contributed by atoms with Gasteiger partial charge in [0.05, 0.1) is 0 Å². The van der Waals surface area contributed by atoms with Crippen molar-refractivity contribution in [1.82, 2.24) is 5.32 Å². The Balaban J connectivity index is 1.96. The average Bonchev–Trinajstić information content (AvgIpc) is 2.46. The van der Waals surface area contributed by atoms with Gasteiger partial charge in [-0.05, 0) is 42.0 Å². The van der Waals surface area contributed by atoms with Crippen LogP contribution in [0.1, 0.15) is 15.9 Å². The van der Waals surface area contributed by atoms with E-state index in [4.69, 9.17) is 9.84 Å². The molecule has 2 aromatic carbocycles. The van der Waals surface area contributed by atoms with E-state index in [-0.39, 0.29) is 11.7 Å². The molecule has 4 nitrogen and oxygen atoms in total. The Bertz CT molecular complexity index is 547. The lowest BCUT2D eigenvalue weighted by atomic mass is 10.1. The van der Waals surface area contributed by atoms with Crippen LogP contribution in [-0.4, -0.2) is 18.1 Å². The second kappa shape index (κ2) is 5.91. The van der Waals surface area contributed by atoms with Gasteiger partial charge in [-0.15, -0.1) is 0 Å². The van der Waals surface area contributed by atoms with Crippen LogP contribution < -0.4 is 10.1 Å². The molecule has 0 unspecified atom stereocenters. The number of ether oxygens (including phenoxy) is 1. The van der Waals surface area contributed by atoms with Gasteiger partial charge in [-0.1, -0.05) is 12.1 Å². The summed E-state index contributed by atoms with van der Waals surface area (Å²) in [5, 5.41) is 11.7. The Labute approximate surface area is 111 Å². The van der Waals surface area contributed by atoms with Gasteiger partial charge in [-0.2, -0.15) is 0 Å². The van der Waals surface area contributed by atoms with Crippen molar-refractivity contribution in [2.24, 2.45) is 0 Å². The highest BCUT2D eigenvalue weighted by atomic mass is 16.5. The van der Waals surface area contributed by atoms with Crippen molar-refractivity contribution >= 4 is 5.91 Å². The van der Waals surface area contributed by atoms with Crippen molar-refractivity contribution < 1.29 is 14.6 Å². The Morgan fingerprint density at radius 3 is 2.32 bits per heavy atom. The maximum absolute atomic E-state index is 11.4. The number of aromatic hydroxyl groups is 1. The van der Waals surface area contributed by atoms with Crippen molar-refractivity contribution in [3.63, 3.8) is 0 Å². The fourth-order valence-electron chi connectivity index (χ4n) is 1.61. The van der Waals surface area contributed by atoms with Crippen LogP contribution in [0.4, 0.5) is 0 Å². The first-order valence-electron chi connectivity index (χ1n) is 5.92. The molecule has 0 aliphatic carbocycles. The molecule has 2 rings (SSSR count). The molecule has 2 N–H and O–H groups in total. The van der Waals surface area contributed by atoms with Crippen LogP contribution in [0.25, 0.3) is 0 Å². The summed E-state index contributed by atoms with van der Waals surface area (Å²) in [5.41, 5.74) is 1.59. The molecule has 0 heterocycles. The van der Waals surface area contributed by atoms with E-state index in [2.05, 4.69) is 5.32 Å². The molecular formula is C15H15NO3. The van der Waals surface area contributed by atoms with Crippen molar-refractivity contribution in [1.29, 1.82) is 0 Å². The quantitative estimate of drug-likeness (QED) is 0.883. The minimum Gasteiger partial charge on any atom is -0.508 e. The summed E-state index contributed by atoms with van der Waals surface area (Å²) in [6, 6.07) is 13.8. The van der Waals surface area contributed by atoms with Crippen LogP contribution in [0.5, 0.6) is 11.5 Å². The lowest BCUT2D eigenvalue weighted by Gasteiger charge is -2.07. The largest absolute Gasteiger partial charge is 0.508 e. The number of hydrogen-bond acceptors (Lipinski definition) is 3. The minimum atomic E-state index is -0.106. The fourth-order valence-corrected chi connectivity index (χ4v) is 1.61. The van der Waals surface area contributed by atoms with Crippen molar-refractivity contribution in [2.75, 3.05) is 7.05 Å². The third kappa shape index (κ3) is 3.48. The number of amides is 1. The molecule has 0 bridgehead atoms. The number of benzene rings is 2. The molecule has 0 radical (unpaired) electrons. The van der Waals surface area contributed by atoms with Gasteiger partial charge in [0.1, 0.15) is 18.1 Å². The van der Waals surface area contributed by atoms with Gasteiger partial charge >= 0.3 is 0 Å². The molecule has 0 spiro atoms. The molecule has 98 valence electrons. The van der Waals surface area contributed by atoms with Gasteiger partial charge < -0.3 is 15.2 Å². The van der Waals surface area contributed by atoms with Crippen molar-refractivity contribution in [3.05, 3.63) is 59.7 Å². The SMILES string of the molecule is CNC(=O)c1ccc(COc2ccc(O)cc2)cc1. The molecular weight excluding hydrogens is 242 g/mol. The van der Waals surface area contributed by atoms with Crippen LogP contribution in [0.2, 0.25) is 0 Å². The Kier molecular flexibility index (Phi) is 4.03. The van der Waals surface area contributed by atoms with E-state index in [1.807, 2.05) is 12.1 Å². The predicted octanol–water partition coefficient (Wildman–Crippen LogP) is 2.33. The number of nitrogens with one attached hydrogen (secondary N) is 1. The zero-order valence-corrected chi connectivity index (χ0v) is 10.6. The van der Waals surface area contributed by atoms with E-state index in [0.717, 1.165) is 5.56 Å². The normalized spacial score (nSPS) is 9.95. The number of phenols is 1. The van der Waals surface area contributed by atoms with E-state index >= 15 is 0 Å². The molecule has 0 aromatic heterocycles. The van der Waals surface area contributed by atoms with E-state index in [1.54, 1.807) is 43.4 Å². The Morgan fingerprint density at radius 1 is 1.11 bits per heavy atom. The smallest absolute Gasteiger partial charge is 0.251 e. The topological polar surface area (TPSA) is 58.6 Å². The highest BCUT2D eigenvalue weighted by Gasteiger charge is 2.02.